The second-order valence-corrected chi connectivity index (χ2v) is 5.16. The van der Waals surface area contributed by atoms with E-state index in [-0.39, 0.29) is 6.01 Å². The van der Waals surface area contributed by atoms with Gasteiger partial charge in [-0.2, -0.15) is 0 Å². The summed E-state index contributed by atoms with van der Waals surface area (Å²) in [7, 11) is 0. The van der Waals surface area contributed by atoms with E-state index in [0.717, 1.165) is 11.1 Å². The third-order valence-corrected chi connectivity index (χ3v) is 3.29. The first-order valence-corrected chi connectivity index (χ1v) is 6.98. The van der Waals surface area contributed by atoms with Crippen LogP contribution in [0, 0.1) is 0 Å². The largest absolute Gasteiger partial charge is 0.424 e. The Morgan fingerprint density at radius 1 is 0.762 bits per heavy atom. The van der Waals surface area contributed by atoms with Crippen molar-refractivity contribution in [3.8, 4) is 22.9 Å². The third-order valence-electron chi connectivity index (χ3n) is 2.84. The van der Waals surface area contributed by atoms with E-state index < -0.39 is 0 Å². The molecule has 3 aromatic rings. The highest BCUT2D eigenvalue weighted by Gasteiger charge is 2.08. The lowest BCUT2D eigenvalue weighted by Gasteiger charge is -2.10. The molecular weight excluding hydrogens is 307 g/mol. The molecular formula is C16H10Cl2N2O. The first-order valence-electron chi connectivity index (χ1n) is 6.23. The standard InChI is InChI=1S/C16H10Cl2N2O/c17-12-7-5-11(6-8-12)14-3-1-2-4-15(14)21-16-19-9-13(18)10-20-16/h1-10H. The van der Waals surface area contributed by atoms with Crippen LogP contribution in [0.3, 0.4) is 0 Å². The van der Waals surface area contributed by atoms with Crippen molar-refractivity contribution < 1.29 is 4.74 Å². The molecule has 21 heavy (non-hydrogen) atoms. The zero-order valence-corrected chi connectivity index (χ0v) is 12.3. The van der Waals surface area contributed by atoms with Crippen LogP contribution in [0.2, 0.25) is 10.0 Å². The normalized spacial score (nSPS) is 10.4. The molecule has 3 nitrogen and oxygen atoms in total. The van der Waals surface area contributed by atoms with Crippen molar-refractivity contribution in [2.75, 3.05) is 0 Å². The summed E-state index contributed by atoms with van der Waals surface area (Å²) in [5, 5.41) is 1.16. The molecule has 0 fully saturated rings. The van der Waals surface area contributed by atoms with Crippen LogP contribution in [0.1, 0.15) is 0 Å². The van der Waals surface area contributed by atoms with Gasteiger partial charge in [-0.05, 0) is 23.8 Å². The molecule has 2 aromatic carbocycles. The van der Waals surface area contributed by atoms with Crippen LogP contribution in [0.25, 0.3) is 11.1 Å². The molecule has 0 saturated heterocycles. The monoisotopic (exact) mass is 316 g/mol. The van der Waals surface area contributed by atoms with Crippen LogP contribution < -0.4 is 4.74 Å². The van der Waals surface area contributed by atoms with E-state index in [1.54, 1.807) is 0 Å². The van der Waals surface area contributed by atoms with Gasteiger partial charge in [0, 0.05) is 10.6 Å². The van der Waals surface area contributed by atoms with Crippen molar-refractivity contribution in [2.24, 2.45) is 0 Å². The van der Waals surface area contributed by atoms with E-state index in [4.69, 9.17) is 27.9 Å². The van der Waals surface area contributed by atoms with Gasteiger partial charge in [0.15, 0.2) is 0 Å². The van der Waals surface area contributed by atoms with E-state index in [9.17, 15) is 0 Å². The Balaban J connectivity index is 1.96. The van der Waals surface area contributed by atoms with Crippen molar-refractivity contribution >= 4 is 23.2 Å². The average molecular weight is 317 g/mol. The highest BCUT2D eigenvalue weighted by atomic mass is 35.5. The lowest BCUT2D eigenvalue weighted by molar-refractivity contribution is 0.443. The van der Waals surface area contributed by atoms with E-state index in [1.165, 1.54) is 12.4 Å². The first-order chi connectivity index (χ1) is 10.2. The van der Waals surface area contributed by atoms with Gasteiger partial charge >= 0.3 is 6.01 Å². The van der Waals surface area contributed by atoms with Gasteiger partial charge in [-0.1, -0.05) is 53.5 Å². The molecule has 5 heteroatoms. The molecule has 3 rings (SSSR count). The fourth-order valence-corrected chi connectivity index (χ4v) is 2.10. The molecule has 0 unspecified atom stereocenters. The van der Waals surface area contributed by atoms with Gasteiger partial charge in [-0.25, -0.2) is 9.97 Å². The maximum absolute atomic E-state index is 5.92. The lowest BCUT2D eigenvalue weighted by atomic mass is 10.1. The van der Waals surface area contributed by atoms with Gasteiger partial charge in [0.2, 0.25) is 0 Å². The highest BCUT2D eigenvalue weighted by molar-refractivity contribution is 6.30. The molecule has 0 spiro atoms. The lowest BCUT2D eigenvalue weighted by Crippen LogP contribution is -1.93. The number of benzene rings is 2. The molecule has 0 aliphatic rings. The predicted molar refractivity (Wildman–Crippen MR) is 84.0 cm³/mol. The Bertz CT molecular complexity index is 743. The number of para-hydroxylation sites is 1. The summed E-state index contributed by atoms with van der Waals surface area (Å²) in [5.41, 5.74) is 1.94. The summed E-state index contributed by atoms with van der Waals surface area (Å²) in [6, 6.07) is 15.5. The number of rotatable bonds is 3. The molecule has 0 bridgehead atoms. The van der Waals surface area contributed by atoms with Crippen molar-refractivity contribution in [3.05, 3.63) is 71.0 Å². The van der Waals surface area contributed by atoms with Gasteiger partial charge < -0.3 is 4.74 Å². The summed E-state index contributed by atoms with van der Waals surface area (Å²) >= 11 is 11.7. The molecule has 1 heterocycles. The topological polar surface area (TPSA) is 35.0 Å². The minimum Gasteiger partial charge on any atom is -0.424 e. The first kappa shape index (κ1) is 13.9. The number of nitrogens with zero attached hydrogens (tertiary/aromatic N) is 2. The second kappa shape index (κ2) is 6.12. The zero-order valence-electron chi connectivity index (χ0n) is 10.8. The van der Waals surface area contributed by atoms with Crippen molar-refractivity contribution in [1.29, 1.82) is 0 Å². The number of aromatic nitrogens is 2. The predicted octanol–water partition coefficient (Wildman–Crippen LogP) is 5.24. The van der Waals surface area contributed by atoms with E-state index in [1.807, 2.05) is 48.5 Å². The number of hydrogen-bond acceptors (Lipinski definition) is 3. The van der Waals surface area contributed by atoms with Crippen molar-refractivity contribution in [3.63, 3.8) is 0 Å². The molecule has 0 N–H and O–H groups in total. The van der Waals surface area contributed by atoms with E-state index in [0.29, 0.717) is 15.8 Å². The zero-order chi connectivity index (χ0) is 14.7. The van der Waals surface area contributed by atoms with Crippen LogP contribution in [-0.4, -0.2) is 9.97 Å². The smallest absolute Gasteiger partial charge is 0.321 e. The maximum Gasteiger partial charge on any atom is 0.321 e. The van der Waals surface area contributed by atoms with E-state index >= 15 is 0 Å². The summed E-state index contributed by atoms with van der Waals surface area (Å²) in [6.07, 6.45) is 2.99. The molecule has 1 aromatic heterocycles. The Hall–Kier alpha value is -2.10. The van der Waals surface area contributed by atoms with Gasteiger partial charge in [0.05, 0.1) is 17.4 Å². The Morgan fingerprint density at radius 3 is 2.14 bits per heavy atom. The number of ether oxygens (including phenoxy) is 1. The fourth-order valence-electron chi connectivity index (χ4n) is 1.88. The summed E-state index contributed by atoms with van der Waals surface area (Å²) in [6.45, 7) is 0. The van der Waals surface area contributed by atoms with Gasteiger partial charge in [-0.15, -0.1) is 0 Å². The Labute approximate surface area is 132 Å². The number of hydrogen-bond donors (Lipinski definition) is 0. The van der Waals surface area contributed by atoms with Crippen LogP contribution in [0.4, 0.5) is 0 Å². The molecule has 0 radical (unpaired) electrons. The minimum absolute atomic E-state index is 0.251. The molecule has 104 valence electrons. The van der Waals surface area contributed by atoms with Crippen LogP contribution >= 0.6 is 23.2 Å². The highest BCUT2D eigenvalue weighted by Crippen LogP contribution is 2.32. The molecule has 0 atom stereocenters. The van der Waals surface area contributed by atoms with Gasteiger partial charge in [-0.3, -0.25) is 0 Å². The third kappa shape index (κ3) is 3.32. The second-order valence-electron chi connectivity index (χ2n) is 4.29. The quantitative estimate of drug-likeness (QED) is 0.662. The molecule has 0 amide bonds. The molecule has 0 aliphatic heterocycles. The SMILES string of the molecule is Clc1ccc(-c2ccccc2Oc2ncc(Cl)cn2)cc1. The van der Waals surface area contributed by atoms with Crippen molar-refractivity contribution in [1.82, 2.24) is 9.97 Å². The minimum atomic E-state index is 0.251. The van der Waals surface area contributed by atoms with E-state index in [2.05, 4.69) is 9.97 Å². The average Bonchev–Trinajstić information content (AvgIpc) is 2.51. The fraction of sp³-hybridized carbons (Fsp3) is 0. The molecule has 0 saturated carbocycles. The van der Waals surface area contributed by atoms with Crippen LogP contribution in [0.5, 0.6) is 11.8 Å². The van der Waals surface area contributed by atoms with Gasteiger partial charge in [0.25, 0.3) is 0 Å². The van der Waals surface area contributed by atoms with Gasteiger partial charge in [0.1, 0.15) is 5.75 Å². The van der Waals surface area contributed by atoms with Crippen LogP contribution in [0.15, 0.2) is 60.9 Å². The Kier molecular flexibility index (Phi) is 4.04. The number of halogens is 2. The van der Waals surface area contributed by atoms with Crippen LogP contribution in [-0.2, 0) is 0 Å². The van der Waals surface area contributed by atoms with Crippen molar-refractivity contribution in [2.45, 2.75) is 0 Å². The summed E-state index contributed by atoms with van der Waals surface area (Å²) in [4.78, 5) is 8.07. The maximum atomic E-state index is 5.92. The summed E-state index contributed by atoms with van der Waals surface area (Å²) in [5.74, 6) is 0.669. The summed E-state index contributed by atoms with van der Waals surface area (Å²) < 4.78 is 5.74. The Morgan fingerprint density at radius 2 is 1.43 bits per heavy atom. The molecule has 0 aliphatic carbocycles.